The van der Waals surface area contributed by atoms with Crippen molar-refractivity contribution in [3.63, 3.8) is 0 Å². The summed E-state index contributed by atoms with van der Waals surface area (Å²) in [5, 5.41) is 8.36. The van der Waals surface area contributed by atoms with E-state index >= 15 is 0 Å². The van der Waals surface area contributed by atoms with Crippen LogP contribution in [0.3, 0.4) is 0 Å². The maximum Gasteiger partial charge on any atom is 0.184 e. The van der Waals surface area contributed by atoms with Crippen LogP contribution in [-0.2, 0) is 4.43 Å². The Morgan fingerprint density at radius 3 is 2.30 bits per heavy atom. The number of hydrogen-bond donors (Lipinski definition) is 1. The summed E-state index contributed by atoms with van der Waals surface area (Å²) in [6.07, 6.45) is 3.54. The summed E-state index contributed by atoms with van der Waals surface area (Å²) < 4.78 is 5.47. The first-order chi connectivity index (χ1) is 4.56. The molecule has 0 heterocycles. The van der Waals surface area contributed by atoms with Crippen LogP contribution in [0.2, 0.25) is 19.6 Å². The van der Waals surface area contributed by atoms with E-state index in [0.29, 0.717) is 6.61 Å². The number of aliphatic hydroxyl groups excluding tert-OH is 1. The Hall–Kier alpha value is -0.123. The van der Waals surface area contributed by atoms with E-state index in [4.69, 9.17) is 9.53 Å². The van der Waals surface area contributed by atoms with Gasteiger partial charge in [0.15, 0.2) is 8.32 Å². The van der Waals surface area contributed by atoms with Crippen LogP contribution in [0.1, 0.15) is 0 Å². The number of hydrogen-bond acceptors (Lipinski definition) is 2. The molecule has 0 atom stereocenters. The van der Waals surface area contributed by atoms with Crippen LogP contribution < -0.4 is 0 Å². The van der Waals surface area contributed by atoms with Gasteiger partial charge in [0, 0.05) is 0 Å². The molecule has 0 saturated carbocycles. The lowest BCUT2D eigenvalue weighted by Gasteiger charge is -2.14. The van der Waals surface area contributed by atoms with Crippen LogP contribution >= 0.6 is 0 Å². The second kappa shape index (κ2) is 4.66. The minimum absolute atomic E-state index is 0.106. The maximum atomic E-state index is 8.36. The summed E-state index contributed by atoms with van der Waals surface area (Å²) in [7, 11) is -1.34. The molecule has 2 nitrogen and oxygen atoms in total. The smallest absolute Gasteiger partial charge is 0.184 e. The van der Waals surface area contributed by atoms with Crippen molar-refractivity contribution in [2.24, 2.45) is 0 Å². The molecular weight excluding hydrogens is 144 g/mol. The highest BCUT2D eigenvalue weighted by Crippen LogP contribution is 2.01. The van der Waals surface area contributed by atoms with Crippen molar-refractivity contribution in [2.45, 2.75) is 19.6 Å². The highest BCUT2D eigenvalue weighted by molar-refractivity contribution is 6.69. The van der Waals surface area contributed by atoms with Gasteiger partial charge in [0.05, 0.1) is 13.2 Å². The summed E-state index contributed by atoms with van der Waals surface area (Å²) >= 11 is 0. The summed E-state index contributed by atoms with van der Waals surface area (Å²) in [6, 6.07) is 0. The van der Waals surface area contributed by atoms with Crippen molar-refractivity contribution in [3.8, 4) is 0 Å². The molecule has 0 aromatic heterocycles. The number of rotatable bonds is 4. The third kappa shape index (κ3) is 7.88. The van der Waals surface area contributed by atoms with Gasteiger partial charge in [-0.1, -0.05) is 12.2 Å². The molecule has 0 aliphatic carbocycles. The van der Waals surface area contributed by atoms with Crippen molar-refractivity contribution in [1.29, 1.82) is 0 Å². The fourth-order valence-electron chi connectivity index (χ4n) is 0.441. The van der Waals surface area contributed by atoms with Gasteiger partial charge in [-0.2, -0.15) is 0 Å². The third-order valence-electron chi connectivity index (χ3n) is 0.885. The molecule has 0 bridgehead atoms. The second-order valence-electron chi connectivity index (χ2n) is 3.08. The summed E-state index contributed by atoms with van der Waals surface area (Å²) in [5.74, 6) is 0. The van der Waals surface area contributed by atoms with Gasteiger partial charge in [-0.25, -0.2) is 0 Å². The molecule has 0 aliphatic rings. The molecule has 1 N–H and O–H groups in total. The van der Waals surface area contributed by atoms with Gasteiger partial charge in [0.25, 0.3) is 0 Å². The molecule has 0 aromatic rings. The highest BCUT2D eigenvalue weighted by Gasteiger charge is 2.11. The summed E-state index contributed by atoms with van der Waals surface area (Å²) in [4.78, 5) is 0. The zero-order valence-electron chi connectivity index (χ0n) is 6.92. The van der Waals surface area contributed by atoms with Gasteiger partial charge in [0.1, 0.15) is 0 Å². The molecule has 0 aliphatic heterocycles. The standard InChI is InChI=1S/C7H16O2Si/c1-10(2,3)9-7-5-4-6-8/h4-5,8H,6-7H2,1-3H3/b5-4+. The summed E-state index contributed by atoms with van der Waals surface area (Å²) in [6.45, 7) is 7.16. The van der Waals surface area contributed by atoms with Crippen LogP contribution in [0.15, 0.2) is 12.2 Å². The van der Waals surface area contributed by atoms with Gasteiger partial charge in [0.2, 0.25) is 0 Å². The predicted molar refractivity (Wildman–Crippen MR) is 45.5 cm³/mol. The van der Waals surface area contributed by atoms with Crippen LogP contribution in [0.25, 0.3) is 0 Å². The van der Waals surface area contributed by atoms with Crippen molar-refractivity contribution >= 4 is 8.32 Å². The molecule has 0 aromatic carbocycles. The first-order valence-electron chi connectivity index (χ1n) is 3.46. The molecule has 60 valence electrons. The zero-order valence-corrected chi connectivity index (χ0v) is 7.92. The Kier molecular flexibility index (Phi) is 4.60. The van der Waals surface area contributed by atoms with Gasteiger partial charge in [-0.3, -0.25) is 0 Å². The molecule has 10 heavy (non-hydrogen) atoms. The second-order valence-corrected chi connectivity index (χ2v) is 7.59. The number of aliphatic hydroxyl groups is 1. The van der Waals surface area contributed by atoms with Crippen LogP contribution in [0.5, 0.6) is 0 Å². The minimum Gasteiger partial charge on any atom is -0.414 e. The van der Waals surface area contributed by atoms with Gasteiger partial charge in [-0.15, -0.1) is 0 Å². The fourth-order valence-corrected chi connectivity index (χ4v) is 1.04. The topological polar surface area (TPSA) is 29.5 Å². The Labute approximate surface area is 63.7 Å². The lowest BCUT2D eigenvalue weighted by molar-refractivity contribution is 0.335. The maximum absolute atomic E-state index is 8.36. The van der Waals surface area contributed by atoms with E-state index in [-0.39, 0.29) is 6.61 Å². The average Bonchev–Trinajstić information content (AvgIpc) is 1.78. The lowest BCUT2D eigenvalue weighted by atomic mass is 10.5. The van der Waals surface area contributed by atoms with Gasteiger partial charge < -0.3 is 9.53 Å². The van der Waals surface area contributed by atoms with Crippen molar-refractivity contribution < 1.29 is 9.53 Å². The van der Waals surface area contributed by atoms with E-state index in [9.17, 15) is 0 Å². The Morgan fingerprint density at radius 1 is 1.30 bits per heavy atom. The Balaban J connectivity index is 3.28. The Bertz CT molecular complexity index is 105. The lowest BCUT2D eigenvalue weighted by Crippen LogP contribution is -2.25. The molecule has 0 spiro atoms. The third-order valence-corrected chi connectivity index (χ3v) is 1.92. The molecule has 0 unspecified atom stereocenters. The van der Waals surface area contributed by atoms with E-state index < -0.39 is 8.32 Å². The first-order valence-corrected chi connectivity index (χ1v) is 6.87. The molecular formula is C7H16O2Si. The quantitative estimate of drug-likeness (QED) is 0.497. The van der Waals surface area contributed by atoms with E-state index in [0.717, 1.165) is 0 Å². The molecule has 0 fully saturated rings. The molecule has 3 heteroatoms. The molecule has 0 amide bonds. The SMILES string of the molecule is C[Si](C)(C)OC/C=C/CO. The van der Waals surface area contributed by atoms with Crippen LogP contribution in [0, 0.1) is 0 Å². The average molecular weight is 160 g/mol. The minimum atomic E-state index is -1.34. The van der Waals surface area contributed by atoms with E-state index in [1.165, 1.54) is 0 Å². The monoisotopic (exact) mass is 160 g/mol. The van der Waals surface area contributed by atoms with E-state index in [1.54, 1.807) is 6.08 Å². The zero-order chi connectivity index (χ0) is 8.04. The van der Waals surface area contributed by atoms with Gasteiger partial charge >= 0.3 is 0 Å². The normalized spacial score (nSPS) is 12.8. The molecule has 0 saturated heterocycles. The van der Waals surface area contributed by atoms with Crippen molar-refractivity contribution in [2.75, 3.05) is 13.2 Å². The summed E-state index contributed by atoms with van der Waals surface area (Å²) in [5.41, 5.74) is 0. The molecule has 0 radical (unpaired) electrons. The predicted octanol–water partition coefficient (Wildman–Crippen LogP) is 1.39. The van der Waals surface area contributed by atoms with E-state index in [2.05, 4.69) is 19.6 Å². The fraction of sp³-hybridized carbons (Fsp3) is 0.714. The van der Waals surface area contributed by atoms with Crippen LogP contribution in [0.4, 0.5) is 0 Å². The highest BCUT2D eigenvalue weighted by atomic mass is 28.4. The van der Waals surface area contributed by atoms with Crippen molar-refractivity contribution in [1.82, 2.24) is 0 Å². The van der Waals surface area contributed by atoms with E-state index in [1.807, 2.05) is 6.08 Å². The Morgan fingerprint density at radius 2 is 1.90 bits per heavy atom. The molecule has 0 rings (SSSR count). The largest absolute Gasteiger partial charge is 0.414 e. The van der Waals surface area contributed by atoms with Crippen molar-refractivity contribution in [3.05, 3.63) is 12.2 Å². The van der Waals surface area contributed by atoms with Gasteiger partial charge in [-0.05, 0) is 19.6 Å². The van der Waals surface area contributed by atoms with Crippen LogP contribution in [-0.4, -0.2) is 26.6 Å². The first kappa shape index (κ1) is 9.88.